The third-order valence-corrected chi connectivity index (χ3v) is 3.02. The zero-order chi connectivity index (χ0) is 14.5. The topological polar surface area (TPSA) is 49.7 Å². The summed E-state index contributed by atoms with van der Waals surface area (Å²) in [5, 5.41) is 19.3. The molecule has 2 atom stereocenters. The van der Waals surface area contributed by atoms with E-state index < -0.39 is 18.0 Å². The molecule has 0 aliphatic rings. The van der Waals surface area contributed by atoms with Crippen LogP contribution in [0.25, 0.3) is 0 Å². The number of rotatable bonds is 5. The summed E-state index contributed by atoms with van der Waals surface area (Å²) in [6, 6.07) is 13.3. The van der Waals surface area contributed by atoms with Gasteiger partial charge in [0.15, 0.2) is 11.6 Å². The fourth-order valence-corrected chi connectivity index (χ4v) is 1.83. The fourth-order valence-electron chi connectivity index (χ4n) is 1.83. The highest BCUT2D eigenvalue weighted by atomic mass is 19.1. The van der Waals surface area contributed by atoms with Crippen LogP contribution >= 0.6 is 0 Å². The van der Waals surface area contributed by atoms with Gasteiger partial charge in [-0.2, -0.15) is 0 Å². The maximum absolute atomic E-state index is 13.7. The van der Waals surface area contributed by atoms with E-state index in [2.05, 4.69) is 0 Å². The number of hydrogen-bond donors (Lipinski definition) is 2. The molecule has 106 valence electrons. The van der Waals surface area contributed by atoms with Crippen molar-refractivity contribution in [1.82, 2.24) is 0 Å². The number of benzene rings is 2. The average Bonchev–Trinajstić information content (AvgIpc) is 2.46. The van der Waals surface area contributed by atoms with Crippen LogP contribution in [0.2, 0.25) is 0 Å². The van der Waals surface area contributed by atoms with E-state index in [0.717, 1.165) is 0 Å². The van der Waals surface area contributed by atoms with E-state index in [0.29, 0.717) is 11.1 Å². The molecule has 2 N–H and O–H groups in total. The van der Waals surface area contributed by atoms with Crippen LogP contribution in [0.5, 0.6) is 5.75 Å². The van der Waals surface area contributed by atoms with Gasteiger partial charge in [0.25, 0.3) is 0 Å². The molecule has 0 fully saturated rings. The van der Waals surface area contributed by atoms with Crippen molar-refractivity contribution in [1.29, 1.82) is 0 Å². The monoisotopic (exact) mass is 276 g/mol. The minimum atomic E-state index is -0.813. The molecule has 2 rings (SSSR count). The van der Waals surface area contributed by atoms with Crippen molar-refractivity contribution >= 4 is 0 Å². The van der Waals surface area contributed by atoms with E-state index in [9.17, 15) is 14.6 Å². The van der Waals surface area contributed by atoms with Crippen molar-refractivity contribution in [3.63, 3.8) is 0 Å². The Bertz CT molecular complexity index is 555. The second-order valence-corrected chi connectivity index (χ2v) is 4.60. The third-order valence-electron chi connectivity index (χ3n) is 3.02. The maximum Gasteiger partial charge on any atom is 0.165 e. The maximum atomic E-state index is 13.7. The molecule has 2 aromatic rings. The molecule has 0 bridgehead atoms. The van der Waals surface area contributed by atoms with Gasteiger partial charge < -0.3 is 14.9 Å². The standard InChI is InChI=1S/C16H17FO3/c1-11(18)13-7-8-16(14(17)9-13)20-10-15(19)12-5-3-2-4-6-12/h2-9,11,15,18-19H,10H2,1H3. The van der Waals surface area contributed by atoms with Gasteiger partial charge >= 0.3 is 0 Å². The summed E-state index contributed by atoms with van der Waals surface area (Å²) in [5.41, 5.74) is 1.20. The summed E-state index contributed by atoms with van der Waals surface area (Å²) in [6.07, 6.45) is -1.54. The Morgan fingerprint density at radius 1 is 1.05 bits per heavy atom. The summed E-state index contributed by atoms with van der Waals surface area (Å²) < 4.78 is 19.0. The first-order valence-electron chi connectivity index (χ1n) is 6.41. The first kappa shape index (κ1) is 14.5. The van der Waals surface area contributed by atoms with Crippen LogP contribution in [-0.4, -0.2) is 16.8 Å². The predicted molar refractivity (Wildman–Crippen MR) is 73.9 cm³/mol. The minimum Gasteiger partial charge on any atom is -0.487 e. The highest BCUT2D eigenvalue weighted by Crippen LogP contribution is 2.23. The molecule has 0 aromatic heterocycles. The predicted octanol–water partition coefficient (Wildman–Crippen LogP) is 2.99. The molecule has 3 nitrogen and oxygen atoms in total. The Kier molecular flexibility index (Phi) is 4.71. The molecule has 2 unspecified atom stereocenters. The molecular weight excluding hydrogens is 259 g/mol. The number of ether oxygens (including phenoxy) is 1. The van der Waals surface area contributed by atoms with E-state index in [4.69, 9.17) is 4.74 Å². The van der Waals surface area contributed by atoms with Crippen LogP contribution in [0.15, 0.2) is 48.5 Å². The highest BCUT2D eigenvalue weighted by Gasteiger charge is 2.11. The number of aliphatic hydroxyl groups excluding tert-OH is 2. The molecule has 20 heavy (non-hydrogen) atoms. The van der Waals surface area contributed by atoms with E-state index in [1.54, 1.807) is 25.1 Å². The molecular formula is C16H17FO3. The van der Waals surface area contributed by atoms with E-state index in [1.165, 1.54) is 12.1 Å². The lowest BCUT2D eigenvalue weighted by Crippen LogP contribution is -2.10. The molecule has 0 saturated heterocycles. The van der Waals surface area contributed by atoms with Crippen LogP contribution in [0.3, 0.4) is 0 Å². The van der Waals surface area contributed by atoms with Gasteiger partial charge in [0, 0.05) is 0 Å². The van der Waals surface area contributed by atoms with Crippen LogP contribution in [0, 0.1) is 5.82 Å². The van der Waals surface area contributed by atoms with Gasteiger partial charge in [0.05, 0.1) is 6.10 Å². The van der Waals surface area contributed by atoms with E-state index in [1.807, 2.05) is 18.2 Å². The molecule has 0 aliphatic carbocycles. The van der Waals surface area contributed by atoms with Gasteiger partial charge in [-0.25, -0.2) is 4.39 Å². The van der Waals surface area contributed by atoms with Gasteiger partial charge in [0.2, 0.25) is 0 Å². The lowest BCUT2D eigenvalue weighted by molar-refractivity contribution is 0.105. The first-order valence-corrected chi connectivity index (χ1v) is 6.41. The van der Waals surface area contributed by atoms with Gasteiger partial charge in [-0.05, 0) is 30.2 Å². The Hall–Kier alpha value is -1.91. The van der Waals surface area contributed by atoms with Gasteiger partial charge in [0.1, 0.15) is 12.7 Å². The molecule has 0 spiro atoms. The average molecular weight is 276 g/mol. The molecule has 2 aromatic carbocycles. The Balaban J connectivity index is 2.01. The van der Waals surface area contributed by atoms with Crippen LogP contribution in [0.4, 0.5) is 4.39 Å². The summed E-state index contributed by atoms with van der Waals surface area (Å²) >= 11 is 0. The molecule has 0 radical (unpaired) electrons. The second kappa shape index (κ2) is 6.50. The molecule has 0 aliphatic heterocycles. The molecule has 0 heterocycles. The van der Waals surface area contributed by atoms with Crippen LogP contribution < -0.4 is 4.74 Å². The smallest absolute Gasteiger partial charge is 0.165 e. The van der Waals surface area contributed by atoms with E-state index in [-0.39, 0.29) is 12.4 Å². The Morgan fingerprint density at radius 3 is 2.35 bits per heavy atom. The van der Waals surface area contributed by atoms with Gasteiger partial charge in [-0.3, -0.25) is 0 Å². The summed E-state index contributed by atoms with van der Waals surface area (Å²) in [5.74, 6) is -0.493. The summed E-state index contributed by atoms with van der Waals surface area (Å²) in [7, 11) is 0. The lowest BCUT2D eigenvalue weighted by Gasteiger charge is -2.14. The zero-order valence-electron chi connectivity index (χ0n) is 11.2. The van der Waals surface area contributed by atoms with Crippen molar-refractivity contribution in [2.45, 2.75) is 19.1 Å². The number of aliphatic hydroxyl groups is 2. The minimum absolute atomic E-state index is 0.0328. The highest BCUT2D eigenvalue weighted by molar-refractivity contribution is 5.30. The Labute approximate surface area is 117 Å². The fraction of sp³-hybridized carbons (Fsp3) is 0.250. The summed E-state index contributed by atoms with van der Waals surface area (Å²) in [6.45, 7) is 1.53. The molecule has 0 saturated carbocycles. The van der Waals surface area contributed by atoms with Crippen molar-refractivity contribution in [3.05, 3.63) is 65.5 Å². The first-order chi connectivity index (χ1) is 9.58. The van der Waals surface area contributed by atoms with Crippen molar-refractivity contribution in [2.75, 3.05) is 6.61 Å². The Morgan fingerprint density at radius 2 is 1.75 bits per heavy atom. The quantitative estimate of drug-likeness (QED) is 0.882. The molecule has 4 heteroatoms. The van der Waals surface area contributed by atoms with E-state index >= 15 is 0 Å². The lowest BCUT2D eigenvalue weighted by atomic mass is 10.1. The van der Waals surface area contributed by atoms with Gasteiger partial charge in [-0.15, -0.1) is 0 Å². The number of halogens is 1. The summed E-state index contributed by atoms with van der Waals surface area (Å²) in [4.78, 5) is 0. The normalized spacial score (nSPS) is 13.8. The van der Waals surface area contributed by atoms with Crippen molar-refractivity contribution in [2.24, 2.45) is 0 Å². The van der Waals surface area contributed by atoms with Crippen LogP contribution in [-0.2, 0) is 0 Å². The van der Waals surface area contributed by atoms with Gasteiger partial charge in [-0.1, -0.05) is 36.4 Å². The van der Waals surface area contributed by atoms with Crippen molar-refractivity contribution < 1.29 is 19.3 Å². The largest absolute Gasteiger partial charge is 0.487 e. The van der Waals surface area contributed by atoms with Crippen LogP contribution in [0.1, 0.15) is 30.3 Å². The zero-order valence-corrected chi connectivity index (χ0v) is 11.2. The SMILES string of the molecule is CC(O)c1ccc(OCC(O)c2ccccc2)c(F)c1. The molecule has 0 amide bonds. The number of hydrogen-bond acceptors (Lipinski definition) is 3. The second-order valence-electron chi connectivity index (χ2n) is 4.60. The van der Waals surface area contributed by atoms with Crippen molar-refractivity contribution in [3.8, 4) is 5.75 Å². The third kappa shape index (κ3) is 3.56.